The molecule has 3 rings (SSSR count). The Hall–Kier alpha value is -1.08. The van der Waals surface area contributed by atoms with Crippen molar-refractivity contribution in [2.24, 2.45) is 5.92 Å². The van der Waals surface area contributed by atoms with Crippen LogP contribution in [0.15, 0.2) is 23.8 Å². The van der Waals surface area contributed by atoms with Crippen molar-refractivity contribution in [3.8, 4) is 0 Å². The van der Waals surface area contributed by atoms with Crippen LogP contribution in [0.1, 0.15) is 49.6 Å². The van der Waals surface area contributed by atoms with Gasteiger partial charge in [0.2, 0.25) is 0 Å². The Morgan fingerprint density at radius 3 is 2.44 bits per heavy atom. The predicted molar refractivity (Wildman–Crippen MR) is 82.4 cm³/mol. The highest BCUT2D eigenvalue weighted by Crippen LogP contribution is 2.37. The number of hydrogen-bond donors (Lipinski definition) is 0. The molecule has 0 nitrogen and oxygen atoms in total. The topological polar surface area (TPSA) is 0 Å². The fourth-order valence-corrected chi connectivity index (χ4v) is 3.68. The van der Waals surface area contributed by atoms with Crippen LogP contribution in [0.25, 0.3) is 16.2 Å². The zero-order valence-corrected chi connectivity index (χ0v) is 12.4. The molecule has 0 atom stereocenters. The third-order valence-electron chi connectivity index (χ3n) is 3.84. The van der Waals surface area contributed by atoms with Crippen LogP contribution < -0.4 is 0 Å². The molecule has 18 heavy (non-hydrogen) atoms. The maximum atomic E-state index is 2.40. The summed E-state index contributed by atoms with van der Waals surface area (Å²) in [6.07, 6.45) is 3.55. The Labute approximate surface area is 113 Å². The molecule has 1 aromatic heterocycles. The first-order chi connectivity index (χ1) is 8.54. The standard InChI is InChI=1S/C17H20S/c1-10(2)12-5-13-7-15-9-16(11(3)4)18-17(15)8-14(13)6-12/h6-11H,5H2,1-4H3. The van der Waals surface area contributed by atoms with E-state index in [0.717, 1.165) is 6.42 Å². The second-order valence-corrected chi connectivity index (χ2v) is 7.06. The molecule has 94 valence electrons. The fourth-order valence-electron chi connectivity index (χ4n) is 2.58. The number of allylic oxidation sites excluding steroid dienone is 1. The lowest BCUT2D eigenvalue weighted by atomic mass is 10.0. The highest BCUT2D eigenvalue weighted by molar-refractivity contribution is 7.19. The molecule has 1 heteroatoms. The van der Waals surface area contributed by atoms with E-state index in [9.17, 15) is 0 Å². The Morgan fingerprint density at radius 2 is 1.78 bits per heavy atom. The van der Waals surface area contributed by atoms with Gasteiger partial charge < -0.3 is 0 Å². The molecule has 1 aliphatic rings. The zero-order valence-electron chi connectivity index (χ0n) is 11.6. The molecule has 1 heterocycles. The van der Waals surface area contributed by atoms with E-state index in [2.05, 4.69) is 52.0 Å². The number of thiophene rings is 1. The van der Waals surface area contributed by atoms with Gasteiger partial charge in [-0.2, -0.15) is 0 Å². The molecular formula is C17H20S. The lowest BCUT2D eigenvalue weighted by Crippen LogP contribution is -1.92. The van der Waals surface area contributed by atoms with E-state index in [-0.39, 0.29) is 0 Å². The van der Waals surface area contributed by atoms with Crippen molar-refractivity contribution in [2.75, 3.05) is 0 Å². The van der Waals surface area contributed by atoms with Gasteiger partial charge in [-0.1, -0.05) is 39.3 Å². The lowest BCUT2D eigenvalue weighted by molar-refractivity contribution is 0.755. The van der Waals surface area contributed by atoms with Gasteiger partial charge in [-0.3, -0.25) is 0 Å². The number of benzene rings is 1. The molecule has 0 fully saturated rings. The van der Waals surface area contributed by atoms with Gasteiger partial charge in [-0.25, -0.2) is 0 Å². The van der Waals surface area contributed by atoms with E-state index in [1.54, 1.807) is 5.57 Å². The van der Waals surface area contributed by atoms with Crippen molar-refractivity contribution < 1.29 is 0 Å². The normalized spacial score (nSPS) is 14.7. The van der Waals surface area contributed by atoms with Crippen molar-refractivity contribution in [2.45, 2.75) is 40.0 Å². The minimum absolute atomic E-state index is 0.638. The van der Waals surface area contributed by atoms with Crippen molar-refractivity contribution in [3.05, 3.63) is 39.8 Å². The van der Waals surface area contributed by atoms with Crippen LogP contribution in [0.4, 0.5) is 0 Å². The monoisotopic (exact) mass is 256 g/mol. The molecule has 1 aromatic carbocycles. The first-order valence-corrected chi connectivity index (χ1v) is 7.63. The third kappa shape index (κ3) is 1.91. The summed E-state index contributed by atoms with van der Waals surface area (Å²) in [5.74, 6) is 1.31. The minimum atomic E-state index is 0.638. The van der Waals surface area contributed by atoms with Crippen LogP contribution in [-0.2, 0) is 6.42 Å². The van der Waals surface area contributed by atoms with Gasteiger partial charge in [0, 0.05) is 9.58 Å². The van der Waals surface area contributed by atoms with E-state index in [0.29, 0.717) is 11.8 Å². The Balaban J connectivity index is 2.09. The minimum Gasteiger partial charge on any atom is -0.140 e. The smallest absolute Gasteiger partial charge is 0.0351 e. The average molecular weight is 256 g/mol. The van der Waals surface area contributed by atoms with Crippen LogP contribution in [0.5, 0.6) is 0 Å². The maximum Gasteiger partial charge on any atom is 0.0351 e. The highest BCUT2D eigenvalue weighted by atomic mass is 32.1. The van der Waals surface area contributed by atoms with E-state index in [4.69, 9.17) is 0 Å². The van der Waals surface area contributed by atoms with Gasteiger partial charge in [-0.05, 0) is 53.0 Å². The van der Waals surface area contributed by atoms with E-state index < -0.39 is 0 Å². The van der Waals surface area contributed by atoms with E-state index in [1.807, 2.05) is 11.3 Å². The zero-order chi connectivity index (χ0) is 12.9. The summed E-state index contributed by atoms with van der Waals surface area (Å²) in [7, 11) is 0. The van der Waals surface area contributed by atoms with Gasteiger partial charge in [0.05, 0.1) is 0 Å². The first kappa shape index (κ1) is 12.0. The molecular weight excluding hydrogens is 236 g/mol. The second-order valence-electron chi connectivity index (χ2n) is 5.94. The van der Waals surface area contributed by atoms with Gasteiger partial charge in [-0.15, -0.1) is 11.3 Å². The number of fused-ring (bicyclic) bond motifs is 2. The summed E-state index contributed by atoms with van der Waals surface area (Å²) in [4.78, 5) is 1.50. The Morgan fingerprint density at radius 1 is 1.00 bits per heavy atom. The van der Waals surface area contributed by atoms with E-state index in [1.165, 1.54) is 26.1 Å². The molecule has 0 saturated carbocycles. The molecule has 0 unspecified atom stereocenters. The van der Waals surface area contributed by atoms with Crippen LogP contribution in [-0.4, -0.2) is 0 Å². The summed E-state index contributed by atoms with van der Waals surface area (Å²) in [5.41, 5.74) is 4.54. The Kier molecular flexibility index (Phi) is 2.82. The largest absolute Gasteiger partial charge is 0.140 e. The molecule has 0 saturated heterocycles. The molecule has 2 aromatic rings. The first-order valence-electron chi connectivity index (χ1n) is 6.81. The van der Waals surface area contributed by atoms with E-state index >= 15 is 0 Å². The van der Waals surface area contributed by atoms with Crippen LogP contribution in [0, 0.1) is 5.92 Å². The van der Waals surface area contributed by atoms with Gasteiger partial charge >= 0.3 is 0 Å². The van der Waals surface area contributed by atoms with Gasteiger partial charge in [0.25, 0.3) is 0 Å². The predicted octanol–water partition coefficient (Wildman–Crippen LogP) is 5.62. The molecule has 0 bridgehead atoms. The van der Waals surface area contributed by atoms with Crippen LogP contribution >= 0.6 is 11.3 Å². The number of hydrogen-bond acceptors (Lipinski definition) is 1. The Bertz CT molecular complexity index is 626. The summed E-state index contributed by atoms with van der Waals surface area (Å²) in [6, 6.07) is 7.16. The molecule has 0 aliphatic heterocycles. The summed E-state index contributed by atoms with van der Waals surface area (Å²) < 4.78 is 1.44. The molecule has 0 amide bonds. The lowest BCUT2D eigenvalue weighted by Gasteiger charge is -2.04. The van der Waals surface area contributed by atoms with Gasteiger partial charge in [0.1, 0.15) is 0 Å². The maximum absolute atomic E-state index is 2.40. The second kappa shape index (κ2) is 4.24. The van der Waals surface area contributed by atoms with Crippen LogP contribution in [0.3, 0.4) is 0 Å². The fraction of sp³-hybridized carbons (Fsp3) is 0.412. The molecule has 0 spiro atoms. The third-order valence-corrected chi connectivity index (χ3v) is 5.24. The summed E-state index contributed by atoms with van der Waals surface area (Å²) in [6.45, 7) is 9.12. The SMILES string of the molecule is CC(C)C1=Cc2cc3sc(C(C)C)cc3cc2C1. The van der Waals surface area contributed by atoms with Crippen molar-refractivity contribution in [3.63, 3.8) is 0 Å². The quantitative estimate of drug-likeness (QED) is 0.654. The average Bonchev–Trinajstić information content (AvgIpc) is 2.87. The summed E-state index contributed by atoms with van der Waals surface area (Å²) >= 11 is 1.95. The van der Waals surface area contributed by atoms with Crippen LogP contribution in [0.2, 0.25) is 0 Å². The van der Waals surface area contributed by atoms with Gasteiger partial charge in [0.15, 0.2) is 0 Å². The van der Waals surface area contributed by atoms with Crippen molar-refractivity contribution >= 4 is 27.5 Å². The molecule has 0 N–H and O–H groups in total. The number of rotatable bonds is 2. The molecule has 1 aliphatic carbocycles. The van der Waals surface area contributed by atoms with Crippen molar-refractivity contribution in [1.82, 2.24) is 0 Å². The summed E-state index contributed by atoms with van der Waals surface area (Å²) in [5, 5.41) is 1.43. The van der Waals surface area contributed by atoms with Crippen molar-refractivity contribution in [1.29, 1.82) is 0 Å². The molecule has 0 radical (unpaired) electrons. The highest BCUT2D eigenvalue weighted by Gasteiger charge is 2.17.